The maximum atomic E-state index is 12.1. The van der Waals surface area contributed by atoms with E-state index >= 15 is 0 Å². The highest BCUT2D eigenvalue weighted by Gasteiger charge is 2.49. The largest absolute Gasteiger partial charge is 0.481 e. The van der Waals surface area contributed by atoms with Crippen molar-refractivity contribution in [3.8, 4) is 0 Å². The Hall–Kier alpha value is -1.15. The summed E-state index contributed by atoms with van der Waals surface area (Å²) in [5.74, 6) is -2.04. The van der Waals surface area contributed by atoms with Crippen molar-refractivity contribution >= 4 is 21.9 Å². The quantitative estimate of drug-likeness (QED) is 0.734. The highest BCUT2D eigenvalue weighted by Crippen LogP contribution is 2.40. The van der Waals surface area contributed by atoms with Crippen molar-refractivity contribution in [3.05, 3.63) is 0 Å². The van der Waals surface area contributed by atoms with Crippen molar-refractivity contribution in [3.63, 3.8) is 0 Å². The lowest BCUT2D eigenvalue weighted by molar-refractivity contribution is -0.141. The Bertz CT molecular complexity index is 489. The molecule has 1 aliphatic carbocycles. The van der Waals surface area contributed by atoms with Crippen molar-refractivity contribution in [2.24, 2.45) is 11.8 Å². The Morgan fingerprint density at radius 1 is 1.11 bits per heavy atom. The van der Waals surface area contributed by atoms with Gasteiger partial charge in [0.05, 0.1) is 18.1 Å². The van der Waals surface area contributed by atoms with Gasteiger partial charge in [0, 0.05) is 26.2 Å². The molecule has 0 bridgehead atoms. The zero-order chi connectivity index (χ0) is 14.2. The van der Waals surface area contributed by atoms with Gasteiger partial charge in [0.1, 0.15) is 0 Å². The van der Waals surface area contributed by atoms with Gasteiger partial charge >= 0.3 is 5.97 Å². The van der Waals surface area contributed by atoms with Crippen molar-refractivity contribution in [1.82, 2.24) is 9.21 Å². The Balaban J connectivity index is 1.93. The minimum Gasteiger partial charge on any atom is -0.481 e. The van der Waals surface area contributed by atoms with Gasteiger partial charge in [-0.15, -0.1) is 0 Å². The first-order valence-corrected chi connectivity index (χ1v) is 8.12. The van der Waals surface area contributed by atoms with Crippen LogP contribution >= 0.6 is 0 Å². The molecule has 0 spiro atoms. The summed E-state index contributed by atoms with van der Waals surface area (Å²) in [6.07, 6.45) is 2.15. The number of nitrogens with zero attached hydrogens (tertiary/aromatic N) is 2. The molecule has 19 heavy (non-hydrogen) atoms. The van der Waals surface area contributed by atoms with E-state index in [0.29, 0.717) is 32.5 Å². The Kier molecular flexibility index (Phi) is 3.82. The van der Waals surface area contributed by atoms with Crippen LogP contribution in [0.4, 0.5) is 0 Å². The van der Waals surface area contributed by atoms with Gasteiger partial charge in [0.2, 0.25) is 15.9 Å². The molecule has 0 aromatic rings. The van der Waals surface area contributed by atoms with Gasteiger partial charge in [-0.25, -0.2) is 12.7 Å². The van der Waals surface area contributed by atoms with Gasteiger partial charge in [0.25, 0.3) is 0 Å². The number of carbonyl (C=O) groups excluding carboxylic acids is 1. The summed E-state index contributed by atoms with van der Waals surface area (Å²) < 4.78 is 24.3. The summed E-state index contributed by atoms with van der Waals surface area (Å²) >= 11 is 0. The van der Waals surface area contributed by atoms with Crippen molar-refractivity contribution in [1.29, 1.82) is 0 Å². The second-order valence-electron chi connectivity index (χ2n) is 5.13. The molecule has 8 heteroatoms. The van der Waals surface area contributed by atoms with E-state index in [0.717, 1.165) is 6.26 Å². The zero-order valence-electron chi connectivity index (χ0n) is 10.8. The molecule has 1 saturated heterocycles. The zero-order valence-corrected chi connectivity index (χ0v) is 11.6. The smallest absolute Gasteiger partial charge is 0.307 e. The number of carboxylic acids is 1. The van der Waals surface area contributed by atoms with Gasteiger partial charge in [-0.05, 0) is 12.8 Å². The van der Waals surface area contributed by atoms with E-state index in [2.05, 4.69) is 0 Å². The Labute approximate surface area is 112 Å². The first-order chi connectivity index (χ1) is 8.80. The van der Waals surface area contributed by atoms with Crippen LogP contribution in [0.25, 0.3) is 0 Å². The number of hydrogen-bond acceptors (Lipinski definition) is 4. The second-order valence-corrected chi connectivity index (χ2v) is 7.11. The lowest BCUT2D eigenvalue weighted by atomic mass is 10.2. The highest BCUT2D eigenvalue weighted by molar-refractivity contribution is 7.88. The van der Waals surface area contributed by atoms with E-state index in [-0.39, 0.29) is 12.5 Å². The topological polar surface area (TPSA) is 95.0 Å². The minimum absolute atomic E-state index is 0.150. The van der Waals surface area contributed by atoms with Crippen LogP contribution in [0.5, 0.6) is 0 Å². The molecule has 1 saturated carbocycles. The monoisotopic (exact) mass is 290 g/mol. The summed E-state index contributed by atoms with van der Waals surface area (Å²) in [6, 6.07) is 0. The molecule has 2 rings (SSSR count). The van der Waals surface area contributed by atoms with Crippen LogP contribution in [0, 0.1) is 11.8 Å². The molecule has 0 aromatic carbocycles. The molecule has 2 atom stereocenters. The van der Waals surface area contributed by atoms with Crippen LogP contribution in [-0.2, 0) is 19.6 Å². The van der Waals surface area contributed by atoms with Crippen molar-refractivity contribution < 1.29 is 23.1 Å². The maximum Gasteiger partial charge on any atom is 0.307 e. The summed E-state index contributed by atoms with van der Waals surface area (Å²) in [4.78, 5) is 24.4. The van der Waals surface area contributed by atoms with Gasteiger partial charge < -0.3 is 10.0 Å². The number of carboxylic acid groups (broad SMARTS) is 1. The molecule has 108 valence electrons. The van der Waals surface area contributed by atoms with E-state index in [1.807, 2.05) is 0 Å². The third kappa shape index (κ3) is 3.24. The number of sulfonamides is 1. The molecule has 2 unspecified atom stereocenters. The average molecular weight is 290 g/mol. The molecule has 0 aromatic heterocycles. The molecular formula is C11H18N2O5S. The third-order valence-corrected chi connectivity index (χ3v) is 4.96. The second kappa shape index (κ2) is 5.09. The molecule has 1 amide bonds. The van der Waals surface area contributed by atoms with Gasteiger partial charge in [-0.1, -0.05) is 0 Å². The molecule has 1 aliphatic heterocycles. The fraction of sp³-hybridized carbons (Fsp3) is 0.818. The molecule has 7 nitrogen and oxygen atoms in total. The summed E-state index contributed by atoms with van der Waals surface area (Å²) in [5.41, 5.74) is 0. The molecular weight excluding hydrogens is 272 g/mol. The Morgan fingerprint density at radius 2 is 1.79 bits per heavy atom. The lowest BCUT2D eigenvalue weighted by Crippen LogP contribution is -2.38. The Morgan fingerprint density at radius 3 is 2.32 bits per heavy atom. The van der Waals surface area contributed by atoms with E-state index in [4.69, 9.17) is 5.11 Å². The number of carbonyl (C=O) groups is 2. The molecule has 2 aliphatic rings. The van der Waals surface area contributed by atoms with Crippen LogP contribution in [-0.4, -0.2) is 67.0 Å². The number of amides is 1. The molecule has 1 N–H and O–H groups in total. The highest BCUT2D eigenvalue weighted by atomic mass is 32.2. The van der Waals surface area contributed by atoms with E-state index in [9.17, 15) is 18.0 Å². The SMILES string of the molecule is CS(=O)(=O)N1CCCN(C(=O)C2CC2C(=O)O)CC1. The average Bonchev–Trinajstić information content (AvgIpc) is 3.10. The van der Waals surface area contributed by atoms with Crippen LogP contribution in [0.2, 0.25) is 0 Å². The molecule has 2 fully saturated rings. The molecule has 0 radical (unpaired) electrons. The lowest BCUT2D eigenvalue weighted by Gasteiger charge is -2.21. The van der Waals surface area contributed by atoms with Crippen LogP contribution in [0.3, 0.4) is 0 Å². The number of rotatable bonds is 3. The fourth-order valence-corrected chi connectivity index (χ4v) is 3.30. The third-order valence-electron chi connectivity index (χ3n) is 3.66. The van der Waals surface area contributed by atoms with Crippen LogP contribution in [0.15, 0.2) is 0 Å². The molecule has 1 heterocycles. The van der Waals surface area contributed by atoms with Crippen LogP contribution in [0.1, 0.15) is 12.8 Å². The van der Waals surface area contributed by atoms with Gasteiger partial charge in [0.15, 0.2) is 0 Å². The van der Waals surface area contributed by atoms with Gasteiger partial charge in [-0.2, -0.15) is 0 Å². The van der Waals surface area contributed by atoms with Crippen molar-refractivity contribution in [2.75, 3.05) is 32.4 Å². The van der Waals surface area contributed by atoms with E-state index < -0.39 is 27.8 Å². The summed E-state index contributed by atoms with van der Waals surface area (Å²) in [5, 5.41) is 8.82. The van der Waals surface area contributed by atoms with E-state index in [1.165, 1.54) is 4.31 Å². The number of hydrogen-bond donors (Lipinski definition) is 1. The van der Waals surface area contributed by atoms with Crippen LogP contribution < -0.4 is 0 Å². The predicted molar refractivity (Wildman–Crippen MR) is 66.8 cm³/mol. The summed E-state index contributed by atoms with van der Waals surface area (Å²) in [6.45, 7) is 1.53. The normalized spacial score (nSPS) is 28.8. The fourth-order valence-electron chi connectivity index (χ4n) is 2.42. The predicted octanol–water partition coefficient (Wildman–Crippen LogP) is -0.799. The minimum atomic E-state index is -3.23. The summed E-state index contributed by atoms with van der Waals surface area (Å²) in [7, 11) is -3.23. The van der Waals surface area contributed by atoms with Crippen molar-refractivity contribution in [2.45, 2.75) is 12.8 Å². The number of aliphatic carboxylic acids is 1. The standard InChI is InChI=1S/C11H18N2O5S/c1-19(17,18)13-4-2-3-12(5-6-13)10(14)8-7-9(8)11(15)16/h8-9H,2-7H2,1H3,(H,15,16). The first kappa shape index (κ1) is 14.3. The maximum absolute atomic E-state index is 12.1. The van der Waals surface area contributed by atoms with Gasteiger partial charge in [-0.3, -0.25) is 9.59 Å². The van der Waals surface area contributed by atoms with E-state index in [1.54, 1.807) is 4.90 Å². The first-order valence-electron chi connectivity index (χ1n) is 6.27.